The first-order chi connectivity index (χ1) is 6.09. The molecule has 1 aromatic rings. The lowest BCUT2D eigenvalue weighted by Crippen LogP contribution is -2.05. The lowest BCUT2D eigenvalue weighted by Gasteiger charge is -2.10. The van der Waals surface area contributed by atoms with E-state index in [1.54, 1.807) is 0 Å². The van der Waals surface area contributed by atoms with Gasteiger partial charge in [0.15, 0.2) is 0 Å². The van der Waals surface area contributed by atoms with E-state index in [9.17, 15) is 0 Å². The topological polar surface area (TPSA) is 9.23 Å². The molecule has 2 heteroatoms. The molecule has 0 aromatic heterocycles. The van der Waals surface area contributed by atoms with Gasteiger partial charge < -0.3 is 4.74 Å². The van der Waals surface area contributed by atoms with E-state index in [1.807, 2.05) is 26.0 Å². The van der Waals surface area contributed by atoms with Crippen molar-refractivity contribution in [2.45, 2.75) is 32.1 Å². The summed E-state index contributed by atoms with van der Waals surface area (Å²) in [6, 6.07) is 8.08. The Balaban J connectivity index is 2.70. The van der Waals surface area contributed by atoms with E-state index in [2.05, 4.69) is 31.7 Å². The van der Waals surface area contributed by atoms with Crippen molar-refractivity contribution in [2.24, 2.45) is 0 Å². The largest absolute Gasteiger partial charge is 0.491 e. The Kier molecular flexibility index (Phi) is 3.67. The van der Waals surface area contributed by atoms with Crippen molar-refractivity contribution in [3.63, 3.8) is 0 Å². The molecule has 0 fully saturated rings. The van der Waals surface area contributed by atoms with Gasteiger partial charge in [-0.25, -0.2) is 0 Å². The molecule has 0 aliphatic rings. The number of hydrogen-bond acceptors (Lipinski definition) is 2. The third kappa shape index (κ3) is 3.31. The quantitative estimate of drug-likeness (QED) is 0.728. The Morgan fingerprint density at radius 3 is 2.00 bits per heavy atom. The van der Waals surface area contributed by atoms with Crippen LogP contribution in [0, 0.1) is 0 Å². The molecule has 0 aliphatic heterocycles. The molecule has 0 saturated carbocycles. The Hall–Kier alpha value is -0.630. The molecule has 0 heterocycles. The van der Waals surface area contributed by atoms with Gasteiger partial charge in [-0.3, -0.25) is 0 Å². The number of benzene rings is 1. The minimum Gasteiger partial charge on any atom is -0.491 e. The van der Waals surface area contributed by atoms with Crippen LogP contribution >= 0.6 is 12.6 Å². The second kappa shape index (κ2) is 4.56. The monoisotopic (exact) mass is 196 g/mol. The molecule has 0 aliphatic carbocycles. The lowest BCUT2D eigenvalue weighted by molar-refractivity contribution is 0.242. The first-order valence-electron chi connectivity index (χ1n) is 4.54. The SMILES string of the molecule is CC(C)Oc1ccc(C(C)S)cc1. The highest BCUT2D eigenvalue weighted by molar-refractivity contribution is 7.80. The standard InChI is InChI=1S/C11H16OS/c1-8(2)12-11-6-4-10(5-7-11)9(3)13/h4-9,13H,1-3H3. The Morgan fingerprint density at radius 1 is 1.08 bits per heavy atom. The van der Waals surface area contributed by atoms with Crippen LogP contribution < -0.4 is 4.74 Å². The minimum atomic E-state index is 0.235. The number of ether oxygens (including phenoxy) is 1. The van der Waals surface area contributed by atoms with E-state index >= 15 is 0 Å². The van der Waals surface area contributed by atoms with Gasteiger partial charge in [0.1, 0.15) is 5.75 Å². The molecular formula is C11H16OS. The zero-order valence-corrected chi connectivity index (χ0v) is 9.21. The van der Waals surface area contributed by atoms with Gasteiger partial charge in [0.05, 0.1) is 6.10 Å². The summed E-state index contributed by atoms with van der Waals surface area (Å²) in [7, 11) is 0. The third-order valence-electron chi connectivity index (χ3n) is 1.73. The summed E-state index contributed by atoms with van der Waals surface area (Å²) < 4.78 is 5.52. The fourth-order valence-corrected chi connectivity index (χ4v) is 1.27. The van der Waals surface area contributed by atoms with Crippen LogP contribution in [-0.4, -0.2) is 6.10 Å². The van der Waals surface area contributed by atoms with Crippen LogP contribution in [0.3, 0.4) is 0 Å². The van der Waals surface area contributed by atoms with Crippen LogP contribution in [0.15, 0.2) is 24.3 Å². The first kappa shape index (κ1) is 10.5. The molecule has 1 unspecified atom stereocenters. The molecule has 0 N–H and O–H groups in total. The molecule has 1 nitrogen and oxygen atoms in total. The molecule has 0 bridgehead atoms. The van der Waals surface area contributed by atoms with Crippen molar-refractivity contribution in [1.82, 2.24) is 0 Å². The van der Waals surface area contributed by atoms with E-state index in [0.717, 1.165) is 5.75 Å². The normalized spacial score (nSPS) is 13.0. The van der Waals surface area contributed by atoms with E-state index in [4.69, 9.17) is 4.74 Å². The van der Waals surface area contributed by atoms with Crippen molar-refractivity contribution in [1.29, 1.82) is 0 Å². The summed E-state index contributed by atoms with van der Waals surface area (Å²) in [5.74, 6) is 0.924. The predicted molar refractivity (Wildman–Crippen MR) is 59.6 cm³/mol. The second-order valence-electron chi connectivity index (χ2n) is 3.41. The first-order valence-corrected chi connectivity index (χ1v) is 5.06. The van der Waals surface area contributed by atoms with Gasteiger partial charge in [0.2, 0.25) is 0 Å². The van der Waals surface area contributed by atoms with Crippen molar-refractivity contribution < 1.29 is 4.74 Å². The van der Waals surface area contributed by atoms with Gasteiger partial charge in [-0.15, -0.1) is 0 Å². The summed E-state index contributed by atoms with van der Waals surface area (Å²) in [6.07, 6.45) is 0.235. The minimum absolute atomic E-state index is 0.235. The van der Waals surface area contributed by atoms with Crippen molar-refractivity contribution in [3.8, 4) is 5.75 Å². The predicted octanol–water partition coefficient (Wildman–Crippen LogP) is 3.46. The van der Waals surface area contributed by atoms with Crippen LogP contribution in [0.5, 0.6) is 5.75 Å². The maximum atomic E-state index is 5.52. The van der Waals surface area contributed by atoms with Gasteiger partial charge in [0, 0.05) is 5.25 Å². The van der Waals surface area contributed by atoms with Gasteiger partial charge in [-0.1, -0.05) is 12.1 Å². The smallest absolute Gasteiger partial charge is 0.119 e. The average molecular weight is 196 g/mol. The van der Waals surface area contributed by atoms with E-state index in [0.29, 0.717) is 0 Å². The molecule has 0 saturated heterocycles. The fraction of sp³-hybridized carbons (Fsp3) is 0.455. The fourth-order valence-electron chi connectivity index (χ4n) is 1.10. The van der Waals surface area contributed by atoms with Crippen molar-refractivity contribution >= 4 is 12.6 Å². The van der Waals surface area contributed by atoms with Crippen molar-refractivity contribution in [3.05, 3.63) is 29.8 Å². The zero-order valence-electron chi connectivity index (χ0n) is 8.32. The van der Waals surface area contributed by atoms with Crippen LogP contribution in [0.2, 0.25) is 0 Å². The molecule has 0 radical (unpaired) electrons. The van der Waals surface area contributed by atoms with E-state index < -0.39 is 0 Å². The Morgan fingerprint density at radius 2 is 1.62 bits per heavy atom. The lowest BCUT2D eigenvalue weighted by atomic mass is 10.1. The van der Waals surface area contributed by atoms with Gasteiger partial charge in [-0.2, -0.15) is 12.6 Å². The molecule has 1 rings (SSSR count). The molecule has 1 atom stereocenters. The molecule has 1 aromatic carbocycles. The third-order valence-corrected chi connectivity index (χ3v) is 2.03. The van der Waals surface area contributed by atoms with Gasteiger partial charge >= 0.3 is 0 Å². The molecule has 0 amide bonds. The highest BCUT2D eigenvalue weighted by atomic mass is 32.1. The highest BCUT2D eigenvalue weighted by Crippen LogP contribution is 2.21. The summed E-state index contributed by atoms with van der Waals surface area (Å²) in [5, 5.41) is 0.285. The number of rotatable bonds is 3. The molecule has 0 spiro atoms. The Bertz CT molecular complexity index is 251. The summed E-state index contributed by atoms with van der Waals surface area (Å²) in [4.78, 5) is 0. The number of hydrogen-bond donors (Lipinski definition) is 1. The van der Waals surface area contributed by atoms with Crippen LogP contribution in [-0.2, 0) is 0 Å². The van der Waals surface area contributed by atoms with Gasteiger partial charge in [-0.05, 0) is 38.5 Å². The van der Waals surface area contributed by atoms with Crippen LogP contribution in [0.4, 0.5) is 0 Å². The van der Waals surface area contributed by atoms with E-state index in [-0.39, 0.29) is 11.4 Å². The maximum absolute atomic E-state index is 5.52. The highest BCUT2D eigenvalue weighted by Gasteiger charge is 2.00. The van der Waals surface area contributed by atoms with Crippen LogP contribution in [0.25, 0.3) is 0 Å². The number of thiol groups is 1. The summed E-state index contributed by atoms with van der Waals surface area (Å²) in [5.41, 5.74) is 1.22. The zero-order chi connectivity index (χ0) is 9.84. The summed E-state index contributed by atoms with van der Waals surface area (Å²) >= 11 is 4.35. The molecular weight excluding hydrogens is 180 g/mol. The maximum Gasteiger partial charge on any atom is 0.119 e. The summed E-state index contributed by atoms with van der Waals surface area (Å²) in [6.45, 7) is 6.10. The van der Waals surface area contributed by atoms with E-state index in [1.165, 1.54) is 5.56 Å². The van der Waals surface area contributed by atoms with Crippen molar-refractivity contribution in [2.75, 3.05) is 0 Å². The Labute approximate surface area is 85.5 Å². The molecule has 13 heavy (non-hydrogen) atoms. The van der Waals surface area contributed by atoms with Crippen LogP contribution in [0.1, 0.15) is 31.6 Å². The second-order valence-corrected chi connectivity index (χ2v) is 4.19. The molecule has 72 valence electrons. The average Bonchev–Trinajstić information content (AvgIpc) is 2.04. The van der Waals surface area contributed by atoms with Gasteiger partial charge in [0.25, 0.3) is 0 Å².